The van der Waals surface area contributed by atoms with Crippen LogP contribution in [0.15, 0.2) is 0 Å². The van der Waals surface area contributed by atoms with Gasteiger partial charge in [0.2, 0.25) is 0 Å². The smallest absolute Gasteiger partial charge is 0.0700 e. The highest BCUT2D eigenvalue weighted by Gasteiger charge is 1.90. The molecule has 4 nitrogen and oxygen atoms in total. The van der Waals surface area contributed by atoms with Gasteiger partial charge < -0.3 is 20.1 Å². The third-order valence-corrected chi connectivity index (χ3v) is 1.80. The number of hydrogen-bond acceptors (Lipinski definition) is 4. The molecule has 0 saturated carbocycles. The van der Waals surface area contributed by atoms with Gasteiger partial charge in [0.15, 0.2) is 0 Å². The molecule has 0 aliphatic rings. The van der Waals surface area contributed by atoms with Gasteiger partial charge in [0.25, 0.3) is 0 Å². The van der Waals surface area contributed by atoms with E-state index in [1.807, 2.05) is 14.1 Å². The minimum Gasteiger partial charge on any atom is -0.379 e. The van der Waals surface area contributed by atoms with E-state index in [0.717, 1.165) is 39.1 Å². The molecule has 94 valence electrons. The van der Waals surface area contributed by atoms with Crippen molar-refractivity contribution in [3.63, 3.8) is 0 Å². The summed E-state index contributed by atoms with van der Waals surface area (Å²) >= 11 is 0. The summed E-state index contributed by atoms with van der Waals surface area (Å²) in [7, 11) is 3.90. The molecule has 0 aromatic rings. The van der Waals surface area contributed by atoms with E-state index in [2.05, 4.69) is 10.6 Å². The van der Waals surface area contributed by atoms with Crippen LogP contribution >= 0.6 is 0 Å². The molecule has 0 aromatic carbocycles. The first kappa shape index (κ1) is 17.2. The Morgan fingerprint density at radius 3 is 1.47 bits per heavy atom. The molecule has 0 rings (SSSR count). The highest BCUT2D eigenvalue weighted by molar-refractivity contribution is 4.41. The van der Waals surface area contributed by atoms with E-state index in [9.17, 15) is 0 Å². The van der Waals surface area contributed by atoms with Gasteiger partial charge in [0.05, 0.1) is 13.2 Å². The molecular formula is C11H28N2O2. The van der Waals surface area contributed by atoms with E-state index < -0.39 is 0 Å². The highest BCUT2D eigenvalue weighted by atomic mass is 16.5. The van der Waals surface area contributed by atoms with Crippen molar-refractivity contribution in [2.45, 2.75) is 20.3 Å². The molecule has 4 heteroatoms. The Labute approximate surface area is 94.7 Å². The molecule has 0 saturated heterocycles. The fourth-order valence-corrected chi connectivity index (χ4v) is 1.02. The molecule has 0 aliphatic carbocycles. The zero-order valence-corrected chi connectivity index (χ0v) is 9.47. The zero-order valence-electron chi connectivity index (χ0n) is 9.47. The van der Waals surface area contributed by atoms with E-state index in [1.54, 1.807) is 0 Å². The maximum atomic E-state index is 5.36. The minimum atomic E-state index is 0. The van der Waals surface area contributed by atoms with Crippen molar-refractivity contribution in [1.29, 1.82) is 0 Å². The second kappa shape index (κ2) is 16.3. The molecule has 0 unspecified atom stereocenters. The van der Waals surface area contributed by atoms with Gasteiger partial charge in [-0.05, 0) is 40.0 Å². The second-order valence-electron chi connectivity index (χ2n) is 3.14. The Hall–Kier alpha value is -0.160. The van der Waals surface area contributed by atoms with Gasteiger partial charge in [-0.1, -0.05) is 7.43 Å². The molecule has 0 aliphatic heterocycles. The molecule has 2 N–H and O–H groups in total. The normalized spacial score (nSPS) is 10.0. The van der Waals surface area contributed by atoms with Crippen LogP contribution in [0.2, 0.25) is 0 Å². The minimum absolute atomic E-state index is 0. The molecule has 0 bridgehead atoms. The molecular weight excluding hydrogens is 192 g/mol. The average molecular weight is 220 g/mol. The van der Waals surface area contributed by atoms with Crippen LogP contribution < -0.4 is 10.6 Å². The van der Waals surface area contributed by atoms with Crippen molar-refractivity contribution in [3.8, 4) is 0 Å². The fourth-order valence-electron chi connectivity index (χ4n) is 1.02. The van der Waals surface area contributed by atoms with Gasteiger partial charge in [0.1, 0.15) is 0 Å². The third-order valence-electron chi connectivity index (χ3n) is 1.80. The van der Waals surface area contributed by atoms with Crippen LogP contribution in [0.3, 0.4) is 0 Å². The Bertz CT molecular complexity index is 90.6. The van der Waals surface area contributed by atoms with Crippen molar-refractivity contribution in [3.05, 3.63) is 0 Å². The van der Waals surface area contributed by atoms with E-state index in [4.69, 9.17) is 9.47 Å². The summed E-state index contributed by atoms with van der Waals surface area (Å²) in [6, 6.07) is 0. The first-order chi connectivity index (χ1) is 6.91. The van der Waals surface area contributed by atoms with Crippen LogP contribution in [0, 0.1) is 0 Å². The van der Waals surface area contributed by atoms with Gasteiger partial charge in [-0.3, -0.25) is 0 Å². The summed E-state index contributed by atoms with van der Waals surface area (Å²) in [5.41, 5.74) is 0. The standard InChI is InChI=1S/C10H24N2O2.CH4/c1-11-5-3-7-13-9-10-14-8-4-6-12-2;/h11-12H,3-10H2,1-2H3;1H4. The van der Waals surface area contributed by atoms with Gasteiger partial charge in [0, 0.05) is 13.2 Å². The topological polar surface area (TPSA) is 42.5 Å². The lowest BCUT2D eigenvalue weighted by Gasteiger charge is -2.05. The fraction of sp³-hybridized carbons (Fsp3) is 1.00. The van der Waals surface area contributed by atoms with Crippen LogP contribution in [0.1, 0.15) is 20.3 Å². The first-order valence-corrected chi connectivity index (χ1v) is 5.36. The van der Waals surface area contributed by atoms with Gasteiger partial charge in [-0.25, -0.2) is 0 Å². The number of ether oxygens (including phenoxy) is 2. The Morgan fingerprint density at radius 2 is 1.13 bits per heavy atom. The van der Waals surface area contributed by atoms with Crippen LogP contribution in [0.25, 0.3) is 0 Å². The van der Waals surface area contributed by atoms with Crippen LogP contribution in [-0.4, -0.2) is 53.6 Å². The lowest BCUT2D eigenvalue weighted by molar-refractivity contribution is 0.0464. The highest BCUT2D eigenvalue weighted by Crippen LogP contribution is 1.84. The van der Waals surface area contributed by atoms with Crippen molar-refractivity contribution in [2.24, 2.45) is 0 Å². The van der Waals surface area contributed by atoms with Crippen molar-refractivity contribution in [1.82, 2.24) is 10.6 Å². The SMILES string of the molecule is C.CNCCCOCCOCCCNC. The van der Waals surface area contributed by atoms with Gasteiger partial charge >= 0.3 is 0 Å². The summed E-state index contributed by atoms with van der Waals surface area (Å²) in [6.45, 7) is 5.10. The van der Waals surface area contributed by atoms with E-state index >= 15 is 0 Å². The molecule has 0 heterocycles. The monoisotopic (exact) mass is 220 g/mol. The van der Waals surface area contributed by atoms with E-state index in [-0.39, 0.29) is 7.43 Å². The van der Waals surface area contributed by atoms with Gasteiger partial charge in [-0.15, -0.1) is 0 Å². The molecule has 0 fully saturated rings. The average Bonchev–Trinajstić information content (AvgIpc) is 2.21. The third kappa shape index (κ3) is 16.5. The second-order valence-corrected chi connectivity index (χ2v) is 3.14. The molecule has 0 aromatic heterocycles. The van der Waals surface area contributed by atoms with E-state index in [0.29, 0.717) is 13.2 Å². The number of nitrogens with one attached hydrogen (secondary N) is 2. The number of rotatable bonds is 11. The molecule has 0 radical (unpaired) electrons. The summed E-state index contributed by atoms with van der Waals surface area (Å²) in [5, 5.41) is 6.15. The van der Waals surface area contributed by atoms with Crippen molar-refractivity contribution < 1.29 is 9.47 Å². The summed E-state index contributed by atoms with van der Waals surface area (Å²) in [4.78, 5) is 0. The Kier molecular flexibility index (Phi) is 18.7. The molecule has 15 heavy (non-hydrogen) atoms. The molecule has 0 atom stereocenters. The summed E-state index contributed by atoms with van der Waals surface area (Å²) < 4.78 is 10.7. The summed E-state index contributed by atoms with van der Waals surface area (Å²) in [6.07, 6.45) is 2.13. The largest absolute Gasteiger partial charge is 0.379 e. The number of hydrogen-bond donors (Lipinski definition) is 2. The van der Waals surface area contributed by atoms with Crippen LogP contribution in [0.5, 0.6) is 0 Å². The molecule has 0 amide bonds. The quantitative estimate of drug-likeness (QED) is 0.507. The van der Waals surface area contributed by atoms with E-state index in [1.165, 1.54) is 0 Å². The zero-order chi connectivity index (χ0) is 10.5. The Balaban J connectivity index is 0. The lowest BCUT2D eigenvalue weighted by Crippen LogP contribution is -2.14. The maximum Gasteiger partial charge on any atom is 0.0700 e. The lowest BCUT2D eigenvalue weighted by atomic mass is 10.4. The summed E-state index contributed by atoms with van der Waals surface area (Å²) in [5.74, 6) is 0. The molecule has 0 spiro atoms. The van der Waals surface area contributed by atoms with Crippen molar-refractivity contribution in [2.75, 3.05) is 53.6 Å². The van der Waals surface area contributed by atoms with Crippen LogP contribution in [0.4, 0.5) is 0 Å². The Morgan fingerprint density at radius 1 is 0.733 bits per heavy atom. The predicted molar refractivity (Wildman–Crippen MR) is 65.5 cm³/mol. The van der Waals surface area contributed by atoms with Crippen molar-refractivity contribution >= 4 is 0 Å². The first-order valence-electron chi connectivity index (χ1n) is 5.36. The van der Waals surface area contributed by atoms with Crippen LogP contribution in [-0.2, 0) is 9.47 Å². The maximum absolute atomic E-state index is 5.36. The van der Waals surface area contributed by atoms with Gasteiger partial charge in [-0.2, -0.15) is 0 Å². The predicted octanol–water partition coefficient (Wildman–Crippen LogP) is 0.875.